The van der Waals surface area contributed by atoms with Crippen molar-refractivity contribution in [2.75, 3.05) is 25.4 Å². The van der Waals surface area contributed by atoms with Crippen LogP contribution in [0.15, 0.2) is 115 Å². The number of carbonyl (C=O) groups is 12. The number of phenols is 1. The highest BCUT2D eigenvalue weighted by Crippen LogP contribution is 2.22. The first-order valence-corrected chi connectivity index (χ1v) is 34.4. The fourth-order valence-electron chi connectivity index (χ4n) is 11.2. The lowest BCUT2D eigenvalue weighted by Crippen LogP contribution is -2.62. The molecular formula is C71H99N13O13S. The molecule has 27 heteroatoms. The number of aromatic hydroxyl groups is 1. The maximum atomic E-state index is 14.8. The van der Waals surface area contributed by atoms with Gasteiger partial charge in [0.1, 0.15) is 54.1 Å². The lowest BCUT2D eigenvalue weighted by atomic mass is 9.98. The summed E-state index contributed by atoms with van der Waals surface area (Å²) in [6.07, 6.45) is 0.500. The van der Waals surface area contributed by atoms with Gasteiger partial charge in [0, 0.05) is 51.4 Å². The quantitative estimate of drug-likeness (QED) is 0.0282. The standard InChI is InChI=1S/C71H99N13O13S/c1-42(2)37-57(71(97)98-36-34-75-45(7)85)81-62(88)52(25-17-33-72)76-68(94)60(43(3)4)82-66(92)56(41-49-27-29-50(86)30-28-49)78-63(89)53(31-32-59(74)87)77-69(95)61(44(5)6)83-65(91)55(40-48-23-15-10-16-24-48)79-64(90)54(39-47-21-13-9-14-22-47)80-67(93)58-26-18-35-84(58)70(96)51(73)38-46-19-11-8-12-20-46/h8-16,19-24,27-30,42-44,51-58,60-61,86H,17-18,25-26,31-41,72-73H2,1-7H3,(H2,74,87)(H,75,85)(H,76,94)(H,77,95)(H,78,89)(H,79,90)(H,80,93)(H,81,88)(H,82,92)(H,83,91)/t51-,52+,53+,54+,55-,56+,57+,58+,60+,61+/m1/s1. The fraction of sp³-hybridized carbons (Fsp3) is 0.493. The predicted molar refractivity (Wildman–Crippen MR) is 372 cm³/mol. The van der Waals surface area contributed by atoms with Crippen LogP contribution in [-0.4, -0.2) is 166 Å². The molecule has 0 bridgehead atoms. The van der Waals surface area contributed by atoms with Gasteiger partial charge in [0.25, 0.3) is 0 Å². The SMILES string of the molecule is CC(=O)NCCSC(=O)[C@H](CC(C)C)NC(=O)[C@H](CCCN)NC(=O)[C@@H](NC(=O)[C@H](Cc1ccc(O)cc1)NC(=O)[C@H](CCC(N)=O)NC(=O)[C@@H](NC(=O)[C@@H](Cc1ccccc1)NC(=O)[C@H](Cc1ccccc1)NC(=O)[C@@H]1CCCN1C(=O)[C@H](N)Cc1ccccc1)C(C)C)C(C)C. The van der Waals surface area contributed by atoms with Gasteiger partial charge in [0.05, 0.1) is 12.1 Å². The van der Waals surface area contributed by atoms with E-state index in [1.807, 2.05) is 44.2 Å². The van der Waals surface area contributed by atoms with E-state index in [4.69, 9.17) is 17.2 Å². The third-order valence-electron chi connectivity index (χ3n) is 16.5. The van der Waals surface area contributed by atoms with E-state index in [9.17, 15) is 62.6 Å². The molecule has 532 valence electrons. The fourth-order valence-corrected chi connectivity index (χ4v) is 11.9. The number of rotatable bonds is 39. The molecule has 98 heavy (non-hydrogen) atoms. The first kappa shape index (κ1) is 79.5. The lowest BCUT2D eigenvalue weighted by Gasteiger charge is -2.30. The molecule has 0 saturated carbocycles. The summed E-state index contributed by atoms with van der Waals surface area (Å²) >= 11 is 0.946. The van der Waals surface area contributed by atoms with Crippen molar-refractivity contribution in [1.29, 1.82) is 0 Å². The summed E-state index contributed by atoms with van der Waals surface area (Å²) in [5, 5.41) is 34.5. The van der Waals surface area contributed by atoms with Gasteiger partial charge >= 0.3 is 0 Å². The van der Waals surface area contributed by atoms with Crippen LogP contribution in [0.2, 0.25) is 0 Å². The zero-order valence-corrected chi connectivity index (χ0v) is 57.8. The van der Waals surface area contributed by atoms with Gasteiger partial charge in [0.2, 0.25) is 70.1 Å². The molecule has 1 saturated heterocycles. The number of nitrogens with zero attached hydrogens (tertiary/aromatic N) is 1. The number of primary amides is 1. The molecule has 1 aliphatic rings. The van der Waals surface area contributed by atoms with Gasteiger partial charge in [-0.1, -0.05) is 156 Å². The molecule has 0 unspecified atom stereocenters. The van der Waals surface area contributed by atoms with E-state index in [1.165, 1.54) is 36.1 Å². The van der Waals surface area contributed by atoms with Gasteiger partial charge < -0.3 is 75.1 Å². The summed E-state index contributed by atoms with van der Waals surface area (Å²) < 4.78 is 0. The van der Waals surface area contributed by atoms with Crippen molar-refractivity contribution in [3.63, 3.8) is 0 Å². The Labute approximate surface area is 577 Å². The van der Waals surface area contributed by atoms with Crippen LogP contribution < -0.4 is 65.1 Å². The number of nitrogens with one attached hydrogen (secondary N) is 9. The first-order chi connectivity index (χ1) is 46.6. The van der Waals surface area contributed by atoms with Gasteiger partial charge in [-0.3, -0.25) is 57.5 Å². The maximum absolute atomic E-state index is 14.8. The number of benzene rings is 4. The summed E-state index contributed by atoms with van der Waals surface area (Å²) in [5.74, 6) is -9.10. The van der Waals surface area contributed by atoms with Crippen molar-refractivity contribution in [3.05, 3.63) is 138 Å². The van der Waals surface area contributed by atoms with Gasteiger partial charge in [-0.2, -0.15) is 0 Å². The third kappa shape index (κ3) is 26.7. The zero-order chi connectivity index (χ0) is 72.0. The van der Waals surface area contributed by atoms with Gasteiger partial charge in [0.15, 0.2) is 0 Å². The van der Waals surface area contributed by atoms with Crippen LogP contribution in [0.4, 0.5) is 0 Å². The Morgan fingerprint density at radius 2 is 0.949 bits per heavy atom. The highest BCUT2D eigenvalue weighted by Gasteiger charge is 2.40. The van der Waals surface area contributed by atoms with Crippen LogP contribution in [0.1, 0.15) is 116 Å². The molecule has 0 aromatic heterocycles. The predicted octanol–water partition coefficient (Wildman–Crippen LogP) is 1.62. The van der Waals surface area contributed by atoms with Crippen molar-refractivity contribution in [3.8, 4) is 5.75 Å². The molecule has 1 heterocycles. The van der Waals surface area contributed by atoms with E-state index in [1.54, 1.807) is 88.4 Å². The normalized spacial score (nSPS) is 15.6. The van der Waals surface area contributed by atoms with Crippen molar-refractivity contribution in [2.45, 2.75) is 180 Å². The smallest absolute Gasteiger partial charge is 0.243 e. The summed E-state index contributed by atoms with van der Waals surface area (Å²) in [6, 6.07) is 20.0. The lowest BCUT2D eigenvalue weighted by molar-refractivity contribution is -0.140. The summed E-state index contributed by atoms with van der Waals surface area (Å²) in [5.41, 5.74) is 20.5. The van der Waals surface area contributed by atoms with Crippen molar-refractivity contribution in [2.24, 2.45) is 35.0 Å². The molecule has 0 spiro atoms. The van der Waals surface area contributed by atoms with Crippen LogP contribution in [0, 0.1) is 17.8 Å². The van der Waals surface area contributed by atoms with E-state index >= 15 is 0 Å². The topological polar surface area (TPSA) is 415 Å². The van der Waals surface area contributed by atoms with E-state index in [0.717, 1.165) is 17.3 Å². The van der Waals surface area contributed by atoms with Crippen molar-refractivity contribution in [1.82, 2.24) is 52.8 Å². The minimum Gasteiger partial charge on any atom is -0.508 e. The van der Waals surface area contributed by atoms with Crippen LogP contribution in [-0.2, 0) is 83.2 Å². The van der Waals surface area contributed by atoms with Crippen molar-refractivity contribution >= 4 is 81.9 Å². The monoisotopic (exact) mass is 1370 g/mol. The van der Waals surface area contributed by atoms with Gasteiger partial charge in [-0.05, 0) is 104 Å². The number of likely N-dealkylation sites (tertiary alicyclic amines) is 1. The third-order valence-corrected chi connectivity index (χ3v) is 17.4. The van der Waals surface area contributed by atoms with Crippen LogP contribution in [0.3, 0.4) is 0 Å². The molecule has 0 radical (unpaired) electrons. The number of phenolic OH excluding ortho intramolecular Hbond substituents is 1. The van der Waals surface area contributed by atoms with E-state index in [0.29, 0.717) is 29.5 Å². The molecule has 26 nitrogen and oxygen atoms in total. The average molecular weight is 1370 g/mol. The number of carbonyl (C=O) groups excluding carboxylic acids is 12. The number of nitrogens with two attached hydrogens (primary N) is 3. The Bertz CT molecular complexity index is 3310. The highest BCUT2D eigenvalue weighted by molar-refractivity contribution is 8.13. The van der Waals surface area contributed by atoms with E-state index < -0.39 is 144 Å². The highest BCUT2D eigenvalue weighted by atomic mass is 32.2. The largest absolute Gasteiger partial charge is 0.508 e. The van der Waals surface area contributed by atoms with Gasteiger partial charge in [-0.15, -0.1) is 0 Å². The van der Waals surface area contributed by atoms with E-state index in [-0.39, 0.29) is 93.0 Å². The summed E-state index contributed by atoms with van der Waals surface area (Å²) in [4.78, 5) is 169. The van der Waals surface area contributed by atoms with Crippen LogP contribution >= 0.6 is 11.8 Å². The second-order valence-corrected chi connectivity index (χ2v) is 26.9. The molecule has 1 aliphatic heterocycles. The molecule has 4 aromatic rings. The minimum absolute atomic E-state index is 0.0194. The molecule has 10 atom stereocenters. The maximum Gasteiger partial charge on any atom is 0.243 e. The Morgan fingerprint density at radius 1 is 0.531 bits per heavy atom. The second-order valence-electron chi connectivity index (χ2n) is 25.8. The summed E-state index contributed by atoms with van der Waals surface area (Å²) in [6.45, 7) is 12.3. The number of amides is 11. The van der Waals surface area contributed by atoms with Crippen molar-refractivity contribution < 1.29 is 62.6 Å². The molecule has 5 rings (SSSR count). The average Bonchev–Trinajstić information content (AvgIpc) is 1.49. The zero-order valence-electron chi connectivity index (χ0n) is 57.0. The Morgan fingerprint density at radius 3 is 1.40 bits per heavy atom. The molecule has 0 aliphatic carbocycles. The molecule has 4 aromatic carbocycles. The Balaban J connectivity index is 1.38. The molecule has 1 fully saturated rings. The minimum atomic E-state index is -1.59. The van der Waals surface area contributed by atoms with Crippen LogP contribution in [0.5, 0.6) is 5.75 Å². The number of hydrogen-bond donors (Lipinski definition) is 13. The molecular weight excluding hydrogens is 1270 g/mol. The number of hydrogen-bond acceptors (Lipinski definition) is 16. The molecule has 16 N–H and O–H groups in total. The second kappa shape index (κ2) is 40.5. The van der Waals surface area contributed by atoms with Crippen LogP contribution in [0.25, 0.3) is 0 Å². The Kier molecular flexibility index (Phi) is 32.8. The van der Waals surface area contributed by atoms with Gasteiger partial charge in [-0.25, -0.2) is 0 Å². The number of thioether (sulfide) groups is 1. The summed E-state index contributed by atoms with van der Waals surface area (Å²) in [7, 11) is 0. The molecule has 11 amide bonds. The van der Waals surface area contributed by atoms with E-state index in [2.05, 4.69) is 47.9 Å². The Hall–Kier alpha value is -9.21. The first-order valence-electron chi connectivity index (χ1n) is 33.4.